The van der Waals surface area contributed by atoms with Crippen molar-refractivity contribution in [2.45, 2.75) is 24.3 Å². The Labute approximate surface area is 167 Å². The van der Waals surface area contributed by atoms with Gasteiger partial charge in [0.2, 0.25) is 10.0 Å². The topological polar surface area (TPSA) is 83.8 Å². The number of piperazine rings is 1. The molecule has 2 aromatic rings. The van der Waals surface area contributed by atoms with Crippen molar-refractivity contribution in [1.82, 2.24) is 9.21 Å². The number of nitro benzene ring substituents is 1. The largest absolute Gasteiger partial charge is 0.294 e. The van der Waals surface area contributed by atoms with Gasteiger partial charge in [-0.2, -0.15) is 4.31 Å². The second-order valence-electron chi connectivity index (χ2n) is 6.75. The van der Waals surface area contributed by atoms with E-state index in [4.69, 9.17) is 0 Å². The molecule has 1 atom stereocenters. The van der Waals surface area contributed by atoms with Crippen LogP contribution >= 0.6 is 0 Å². The van der Waals surface area contributed by atoms with Gasteiger partial charge in [-0.3, -0.25) is 15.0 Å². The van der Waals surface area contributed by atoms with E-state index in [2.05, 4.69) is 0 Å². The summed E-state index contributed by atoms with van der Waals surface area (Å²) >= 11 is 0. The highest BCUT2D eigenvalue weighted by atomic mass is 32.2. The summed E-state index contributed by atoms with van der Waals surface area (Å²) in [6.07, 6.45) is 0.569. The molecule has 3 rings (SSSR count). The van der Waals surface area contributed by atoms with Crippen molar-refractivity contribution < 1.29 is 22.1 Å². The van der Waals surface area contributed by atoms with Crippen LogP contribution in [0, 0.1) is 21.7 Å². The maximum absolute atomic E-state index is 14.2. The highest BCUT2D eigenvalue weighted by molar-refractivity contribution is 7.89. The Morgan fingerprint density at radius 3 is 2.34 bits per heavy atom. The fourth-order valence-electron chi connectivity index (χ4n) is 3.67. The Balaban J connectivity index is 1.78. The van der Waals surface area contributed by atoms with Crippen LogP contribution in [-0.2, 0) is 10.0 Å². The van der Waals surface area contributed by atoms with Gasteiger partial charge in [0.05, 0.1) is 4.92 Å². The van der Waals surface area contributed by atoms with Gasteiger partial charge in [0.25, 0.3) is 5.69 Å². The summed E-state index contributed by atoms with van der Waals surface area (Å²) in [7, 11) is -4.03. The van der Waals surface area contributed by atoms with E-state index in [9.17, 15) is 27.3 Å². The average Bonchev–Trinajstić information content (AvgIpc) is 2.70. The second kappa shape index (κ2) is 8.52. The lowest BCUT2D eigenvalue weighted by Crippen LogP contribution is -2.49. The van der Waals surface area contributed by atoms with E-state index >= 15 is 0 Å². The Kier molecular flexibility index (Phi) is 6.25. The lowest BCUT2D eigenvalue weighted by Gasteiger charge is -2.38. The first-order chi connectivity index (χ1) is 13.8. The quantitative estimate of drug-likeness (QED) is 0.524. The molecular weight excluding hydrogens is 404 g/mol. The fourth-order valence-corrected chi connectivity index (χ4v) is 5.25. The summed E-state index contributed by atoms with van der Waals surface area (Å²) in [5.41, 5.74) is -0.0985. The van der Waals surface area contributed by atoms with Gasteiger partial charge in [0, 0.05) is 49.9 Å². The van der Waals surface area contributed by atoms with Gasteiger partial charge in [-0.1, -0.05) is 25.1 Å². The van der Waals surface area contributed by atoms with E-state index in [-0.39, 0.29) is 24.0 Å². The molecular formula is C19H21F2N3O4S. The summed E-state index contributed by atoms with van der Waals surface area (Å²) in [5, 5.41) is 11.2. The number of nitrogens with zero attached hydrogens (tertiary/aromatic N) is 3. The average molecular weight is 425 g/mol. The SMILES string of the molecule is CCC(c1ccc(F)cc1F)N1CCN(S(=O)(=O)c2ccccc2[N+](=O)[O-])CC1. The summed E-state index contributed by atoms with van der Waals surface area (Å²) in [6.45, 7) is 2.77. The molecule has 0 amide bonds. The van der Waals surface area contributed by atoms with Crippen molar-refractivity contribution in [3.05, 3.63) is 69.8 Å². The summed E-state index contributed by atoms with van der Waals surface area (Å²) in [4.78, 5) is 12.1. The maximum atomic E-state index is 14.2. The number of rotatable bonds is 6. The second-order valence-corrected chi connectivity index (χ2v) is 8.66. The molecule has 1 fully saturated rings. The summed E-state index contributed by atoms with van der Waals surface area (Å²) < 4.78 is 54.5. The Morgan fingerprint density at radius 2 is 1.76 bits per heavy atom. The molecule has 1 unspecified atom stereocenters. The minimum atomic E-state index is -4.03. The molecule has 156 valence electrons. The van der Waals surface area contributed by atoms with Crippen LogP contribution < -0.4 is 0 Å². The molecule has 1 heterocycles. The van der Waals surface area contributed by atoms with Crippen LogP contribution in [0.2, 0.25) is 0 Å². The highest BCUT2D eigenvalue weighted by Crippen LogP contribution is 2.31. The third-order valence-electron chi connectivity index (χ3n) is 5.10. The van der Waals surface area contributed by atoms with E-state index < -0.39 is 32.3 Å². The summed E-state index contributed by atoms with van der Waals surface area (Å²) in [6, 6.07) is 8.39. The van der Waals surface area contributed by atoms with E-state index in [1.807, 2.05) is 11.8 Å². The van der Waals surface area contributed by atoms with Crippen LogP contribution in [0.4, 0.5) is 14.5 Å². The van der Waals surface area contributed by atoms with E-state index in [0.717, 1.165) is 12.1 Å². The predicted molar refractivity (Wildman–Crippen MR) is 103 cm³/mol. The first-order valence-corrected chi connectivity index (χ1v) is 10.6. The first-order valence-electron chi connectivity index (χ1n) is 9.18. The number of nitro groups is 1. The Bertz CT molecular complexity index is 1010. The monoisotopic (exact) mass is 425 g/mol. The number of benzene rings is 2. The number of para-hydroxylation sites is 1. The molecule has 0 aliphatic carbocycles. The minimum absolute atomic E-state index is 0.119. The van der Waals surface area contributed by atoms with Gasteiger partial charge in [-0.05, 0) is 18.6 Å². The zero-order chi connectivity index (χ0) is 21.2. The molecule has 2 aromatic carbocycles. The molecule has 0 saturated carbocycles. The van der Waals surface area contributed by atoms with Crippen molar-refractivity contribution in [3.8, 4) is 0 Å². The van der Waals surface area contributed by atoms with Gasteiger partial charge < -0.3 is 0 Å². The Morgan fingerprint density at radius 1 is 1.10 bits per heavy atom. The lowest BCUT2D eigenvalue weighted by molar-refractivity contribution is -0.387. The predicted octanol–water partition coefficient (Wildman–Crippen LogP) is 3.33. The normalized spacial score (nSPS) is 17.2. The number of halogens is 2. The third-order valence-corrected chi connectivity index (χ3v) is 7.05. The number of hydrogen-bond donors (Lipinski definition) is 0. The molecule has 0 N–H and O–H groups in total. The molecule has 1 saturated heterocycles. The molecule has 0 spiro atoms. The zero-order valence-electron chi connectivity index (χ0n) is 15.8. The van der Waals surface area contributed by atoms with Crippen LogP contribution in [-0.4, -0.2) is 48.7 Å². The van der Waals surface area contributed by atoms with E-state index in [0.29, 0.717) is 25.1 Å². The van der Waals surface area contributed by atoms with Gasteiger partial charge in [0.1, 0.15) is 11.6 Å². The number of hydrogen-bond acceptors (Lipinski definition) is 5. The molecule has 0 bridgehead atoms. The first kappa shape index (κ1) is 21.3. The van der Waals surface area contributed by atoms with Gasteiger partial charge >= 0.3 is 0 Å². The van der Waals surface area contributed by atoms with E-state index in [1.54, 1.807) is 0 Å². The zero-order valence-corrected chi connectivity index (χ0v) is 16.6. The van der Waals surface area contributed by atoms with Crippen molar-refractivity contribution >= 4 is 15.7 Å². The Hall–Kier alpha value is -2.43. The molecule has 1 aliphatic rings. The standard InChI is InChI=1S/C19H21F2N3O4S/c1-2-17(15-8-7-14(20)13-16(15)21)22-9-11-23(12-10-22)29(27,28)19-6-4-3-5-18(19)24(25)26/h3-8,13,17H,2,9-12H2,1H3. The van der Waals surface area contributed by atoms with Crippen molar-refractivity contribution in [1.29, 1.82) is 0 Å². The highest BCUT2D eigenvalue weighted by Gasteiger charge is 2.35. The van der Waals surface area contributed by atoms with Crippen LogP contribution in [0.15, 0.2) is 47.4 Å². The maximum Gasteiger partial charge on any atom is 0.289 e. The van der Waals surface area contributed by atoms with Crippen LogP contribution in [0.1, 0.15) is 24.9 Å². The van der Waals surface area contributed by atoms with Crippen LogP contribution in [0.5, 0.6) is 0 Å². The molecule has 10 heteroatoms. The van der Waals surface area contributed by atoms with Crippen molar-refractivity contribution in [2.75, 3.05) is 26.2 Å². The molecule has 1 aliphatic heterocycles. The van der Waals surface area contributed by atoms with Gasteiger partial charge in [-0.15, -0.1) is 0 Å². The minimum Gasteiger partial charge on any atom is -0.294 e. The smallest absolute Gasteiger partial charge is 0.289 e. The van der Waals surface area contributed by atoms with Crippen LogP contribution in [0.3, 0.4) is 0 Å². The number of sulfonamides is 1. The fraction of sp³-hybridized carbons (Fsp3) is 0.368. The third kappa shape index (κ3) is 4.29. The molecule has 0 radical (unpaired) electrons. The van der Waals surface area contributed by atoms with Gasteiger partial charge in [-0.25, -0.2) is 17.2 Å². The van der Waals surface area contributed by atoms with Crippen LogP contribution in [0.25, 0.3) is 0 Å². The lowest BCUT2D eigenvalue weighted by atomic mass is 10.0. The van der Waals surface area contributed by atoms with Crippen molar-refractivity contribution in [2.24, 2.45) is 0 Å². The van der Waals surface area contributed by atoms with E-state index in [1.165, 1.54) is 34.6 Å². The van der Waals surface area contributed by atoms with Crippen molar-refractivity contribution in [3.63, 3.8) is 0 Å². The molecule has 29 heavy (non-hydrogen) atoms. The van der Waals surface area contributed by atoms with Gasteiger partial charge in [0.15, 0.2) is 4.90 Å². The summed E-state index contributed by atoms with van der Waals surface area (Å²) in [5.74, 6) is -1.28. The molecule has 0 aromatic heterocycles. The molecule has 7 nitrogen and oxygen atoms in total.